The summed E-state index contributed by atoms with van der Waals surface area (Å²) in [6, 6.07) is 19.0. The molecule has 0 N–H and O–H groups in total. The highest BCUT2D eigenvalue weighted by molar-refractivity contribution is 5.94. The summed E-state index contributed by atoms with van der Waals surface area (Å²) in [6.07, 6.45) is 4.03. The van der Waals surface area contributed by atoms with Gasteiger partial charge in [0, 0.05) is 36.4 Å². The average Bonchev–Trinajstić information content (AvgIpc) is 2.79. The van der Waals surface area contributed by atoms with E-state index >= 15 is 0 Å². The van der Waals surface area contributed by atoms with Crippen LogP contribution in [0.5, 0.6) is 0 Å². The number of amides is 1. The van der Waals surface area contributed by atoms with Crippen molar-refractivity contribution < 1.29 is 4.79 Å². The first-order valence-corrected chi connectivity index (χ1v) is 10.3. The number of likely N-dealkylation sites (N-methyl/N-ethyl adjacent to an activating group) is 1. The van der Waals surface area contributed by atoms with Gasteiger partial charge in [-0.2, -0.15) is 5.10 Å². The Labute approximate surface area is 180 Å². The average molecular weight is 412 g/mol. The maximum absolute atomic E-state index is 13.2. The van der Waals surface area contributed by atoms with Gasteiger partial charge in [0.25, 0.3) is 5.56 Å². The predicted octanol–water partition coefficient (Wildman–Crippen LogP) is 3.74. The van der Waals surface area contributed by atoms with Gasteiger partial charge in [0.2, 0.25) is 5.91 Å². The standard InChI is InChI=1S/C25H24N4O2/c1-3-28(23-13-7-4-9-18(23)2)24(30)17-29-25(31)21-12-6-5-11-20(21)22(27-29)15-19-10-8-14-26-16-19/h4-14,16H,3,15,17H2,1-2H3. The number of fused-ring (bicyclic) bond motifs is 1. The van der Waals surface area contributed by atoms with E-state index in [-0.39, 0.29) is 18.0 Å². The van der Waals surface area contributed by atoms with E-state index in [4.69, 9.17) is 0 Å². The molecule has 0 spiro atoms. The van der Waals surface area contributed by atoms with Gasteiger partial charge in [-0.15, -0.1) is 0 Å². The molecule has 31 heavy (non-hydrogen) atoms. The van der Waals surface area contributed by atoms with Crippen LogP contribution in [0.15, 0.2) is 77.9 Å². The molecule has 0 aliphatic heterocycles. The molecule has 0 saturated heterocycles. The molecule has 4 rings (SSSR count). The molecule has 0 saturated carbocycles. The zero-order valence-electron chi connectivity index (χ0n) is 17.7. The fourth-order valence-corrected chi connectivity index (χ4v) is 3.80. The summed E-state index contributed by atoms with van der Waals surface area (Å²) < 4.78 is 1.29. The smallest absolute Gasteiger partial charge is 0.275 e. The lowest BCUT2D eigenvalue weighted by atomic mass is 10.1. The zero-order valence-corrected chi connectivity index (χ0v) is 17.7. The third kappa shape index (κ3) is 4.23. The van der Waals surface area contributed by atoms with Gasteiger partial charge in [-0.3, -0.25) is 14.6 Å². The summed E-state index contributed by atoms with van der Waals surface area (Å²) in [4.78, 5) is 32.1. The van der Waals surface area contributed by atoms with E-state index in [1.807, 2.05) is 68.4 Å². The van der Waals surface area contributed by atoms with E-state index < -0.39 is 0 Å². The van der Waals surface area contributed by atoms with Gasteiger partial charge >= 0.3 is 0 Å². The topological polar surface area (TPSA) is 68.1 Å². The van der Waals surface area contributed by atoms with Crippen molar-refractivity contribution in [3.05, 3.63) is 100 Å². The minimum Gasteiger partial charge on any atom is -0.311 e. The number of aryl methyl sites for hydroxylation is 1. The van der Waals surface area contributed by atoms with E-state index in [1.165, 1.54) is 4.68 Å². The Morgan fingerprint density at radius 1 is 1.00 bits per heavy atom. The summed E-state index contributed by atoms with van der Waals surface area (Å²) in [6.45, 7) is 4.28. The molecule has 0 unspecified atom stereocenters. The van der Waals surface area contributed by atoms with Gasteiger partial charge in [0.15, 0.2) is 0 Å². The Hall–Kier alpha value is -3.80. The van der Waals surface area contributed by atoms with Crippen LogP contribution >= 0.6 is 0 Å². The van der Waals surface area contributed by atoms with Crippen LogP contribution in [-0.4, -0.2) is 27.2 Å². The van der Waals surface area contributed by atoms with Gasteiger partial charge in [-0.05, 0) is 43.2 Å². The van der Waals surface area contributed by atoms with E-state index in [2.05, 4.69) is 10.1 Å². The quantitative estimate of drug-likeness (QED) is 0.484. The van der Waals surface area contributed by atoms with Gasteiger partial charge in [0.05, 0.1) is 11.1 Å². The SMILES string of the molecule is CCN(C(=O)Cn1nc(Cc2cccnc2)c2ccccc2c1=O)c1ccccc1C. The molecule has 0 aliphatic carbocycles. The van der Waals surface area contributed by atoms with Gasteiger partial charge < -0.3 is 4.90 Å². The van der Waals surface area contributed by atoms with Crippen molar-refractivity contribution in [3.63, 3.8) is 0 Å². The molecule has 6 nitrogen and oxygen atoms in total. The Morgan fingerprint density at radius 3 is 2.45 bits per heavy atom. The molecule has 4 aromatic rings. The van der Waals surface area contributed by atoms with Crippen LogP contribution in [0.1, 0.15) is 23.7 Å². The Kier molecular flexibility index (Phi) is 5.89. The molecule has 6 heteroatoms. The van der Waals surface area contributed by atoms with Crippen LogP contribution in [-0.2, 0) is 17.8 Å². The largest absolute Gasteiger partial charge is 0.311 e. The number of pyridine rings is 1. The predicted molar refractivity (Wildman–Crippen MR) is 122 cm³/mol. The van der Waals surface area contributed by atoms with Crippen LogP contribution in [0, 0.1) is 6.92 Å². The highest BCUT2D eigenvalue weighted by atomic mass is 16.2. The molecule has 0 bridgehead atoms. The Balaban J connectivity index is 1.73. The Bertz CT molecular complexity index is 1280. The monoisotopic (exact) mass is 412 g/mol. The molecule has 0 aliphatic rings. The molecule has 0 radical (unpaired) electrons. The lowest BCUT2D eigenvalue weighted by Gasteiger charge is -2.23. The second-order valence-corrected chi connectivity index (χ2v) is 7.42. The van der Waals surface area contributed by atoms with Crippen molar-refractivity contribution >= 4 is 22.4 Å². The summed E-state index contributed by atoms with van der Waals surface area (Å²) in [5.74, 6) is -0.172. The highest BCUT2D eigenvalue weighted by Crippen LogP contribution is 2.20. The fourth-order valence-electron chi connectivity index (χ4n) is 3.80. The number of nitrogens with zero attached hydrogens (tertiary/aromatic N) is 4. The van der Waals surface area contributed by atoms with Crippen LogP contribution < -0.4 is 10.5 Å². The summed E-state index contributed by atoms with van der Waals surface area (Å²) in [5, 5.41) is 5.95. The summed E-state index contributed by atoms with van der Waals surface area (Å²) in [7, 11) is 0. The lowest BCUT2D eigenvalue weighted by Crippen LogP contribution is -2.38. The van der Waals surface area contributed by atoms with Crippen LogP contribution in [0.4, 0.5) is 5.69 Å². The minimum absolute atomic E-state index is 0.119. The number of anilines is 1. The molecular formula is C25H24N4O2. The fraction of sp³-hybridized carbons (Fsp3) is 0.200. The second kappa shape index (κ2) is 8.92. The van der Waals surface area contributed by atoms with Gasteiger partial charge in [0.1, 0.15) is 6.54 Å². The maximum Gasteiger partial charge on any atom is 0.275 e. The minimum atomic E-state index is -0.264. The summed E-state index contributed by atoms with van der Waals surface area (Å²) in [5.41, 5.74) is 3.33. The van der Waals surface area contributed by atoms with Gasteiger partial charge in [-0.25, -0.2) is 4.68 Å². The molecule has 0 fully saturated rings. The first-order valence-electron chi connectivity index (χ1n) is 10.3. The number of rotatable bonds is 6. The first kappa shape index (κ1) is 20.5. The number of para-hydroxylation sites is 1. The number of hydrogen-bond acceptors (Lipinski definition) is 4. The van der Waals surface area contributed by atoms with Gasteiger partial charge in [-0.1, -0.05) is 42.5 Å². The van der Waals surface area contributed by atoms with Crippen molar-refractivity contribution in [3.8, 4) is 0 Å². The molecule has 2 aromatic heterocycles. The van der Waals surface area contributed by atoms with E-state index in [0.29, 0.717) is 18.4 Å². The van der Waals surface area contributed by atoms with E-state index in [0.717, 1.165) is 27.9 Å². The molecule has 2 aromatic carbocycles. The Morgan fingerprint density at radius 2 is 1.74 bits per heavy atom. The van der Waals surface area contributed by atoms with Crippen LogP contribution in [0.3, 0.4) is 0 Å². The second-order valence-electron chi connectivity index (χ2n) is 7.42. The highest BCUT2D eigenvalue weighted by Gasteiger charge is 2.19. The third-order valence-corrected chi connectivity index (χ3v) is 5.35. The van der Waals surface area contributed by atoms with E-state index in [1.54, 1.807) is 23.4 Å². The molecule has 156 valence electrons. The third-order valence-electron chi connectivity index (χ3n) is 5.35. The normalized spacial score (nSPS) is 10.9. The van der Waals surface area contributed by atoms with Crippen molar-refractivity contribution in [1.82, 2.24) is 14.8 Å². The van der Waals surface area contributed by atoms with Crippen molar-refractivity contribution in [2.75, 3.05) is 11.4 Å². The van der Waals surface area contributed by atoms with Crippen molar-refractivity contribution in [2.45, 2.75) is 26.8 Å². The van der Waals surface area contributed by atoms with Crippen LogP contribution in [0.2, 0.25) is 0 Å². The maximum atomic E-state index is 13.2. The number of aromatic nitrogens is 3. The summed E-state index contributed by atoms with van der Waals surface area (Å²) >= 11 is 0. The number of carbonyl (C=O) groups excluding carboxylic acids is 1. The molecule has 0 atom stereocenters. The molecule has 1 amide bonds. The van der Waals surface area contributed by atoms with Crippen molar-refractivity contribution in [1.29, 1.82) is 0 Å². The van der Waals surface area contributed by atoms with Crippen molar-refractivity contribution in [2.24, 2.45) is 0 Å². The first-order chi connectivity index (χ1) is 15.1. The number of benzene rings is 2. The van der Waals surface area contributed by atoms with Crippen LogP contribution in [0.25, 0.3) is 10.8 Å². The number of carbonyl (C=O) groups is 1. The molecular weight excluding hydrogens is 388 g/mol. The molecule has 2 heterocycles. The zero-order chi connectivity index (χ0) is 21.8. The lowest BCUT2D eigenvalue weighted by molar-refractivity contribution is -0.119. The number of hydrogen-bond donors (Lipinski definition) is 0. The van der Waals surface area contributed by atoms with E-state index in [9.17, 15) is 9.59 Å².